The molecule has 5 nitrogen and oxygen atoms in total. The van der Waals surface area contributed by atoms with E-state index in [1.54, 1.807) is 6.20 Å². The monoisotopic (exact) mass is 356 g/mol. The number of nitrogens with zero attached hydrogens (tertiary/aromatic N) is 2. The van der Waals surface area contributed by atoms with Crippen LogP contribution in [0, 0.1) is 11.8 Å². The molecule has 0 radical (unpaired) electrons. The third kappa shape index (κ3) is 4.30. The van der Waals surface area contributed by atoms with E-state index in [2.05, 4.69) is 52.4 Å². The van der Waals surface area contributed by atoms with Crippen LogP contribution in [0.1, 0.15) is 33.6 Å². The van der Waals surface area contributed by atoms with Gasteiger partial charge in [-0.3, -0.25) is 4.79 Å². The summed E-state index contributed by atoms with van der Waals surface area (Å²) >= 11 is 3.42. The van der Waals surface area contributed by atoms with Gasteiger partial charge in [0.05, 0.1) is 11.9 Å². The van der Waals surface area contributed by atoms with Crippen molar-refractivity contribution < 1.29 is 0 Å². The van der Waals surface area contributed by atoms with Crippen LogP contribution in [-0.4, -0.2) is 28.9 Å². The topological polar surface area (TPSA) is 59.0 Å². The Kier molecular flexibility index (Phi) is 5.81. The summed E-state index contributed by atoms with van der Waals surface area (Å²) in [5, 5.41) is 11.1. The molecule has 0 amide bonds. The lowest BCUT2D eigenvalue weighted by molar-refractivity contribution is 0.347. The van der Waals surface area contributed by atoms with Crippen LogP contribution >= 0.6 is 15.9 Å². The molecule has 21 heavy (non-hydrogen) atoms. The van der Waals surface area contributed by atoms with E-state index >= 15 is 0 Å². The van der Waals surface area contributed by atoms with Crippen LogP contribution in [0.3, 0.4) is 0 Å². The van der Waals surface area contributed by atoms with E-state index in [0.29, 0.717) is 28.9 Å². The van der Waals surface area contributed by atoms with Gasteiger partial charge in [0.2, 0.25) is 0 Å². The van der Waals surface area contributed by atoms with Crippen molar-refractivity contribution in [3.05, 3.63) is 21.0 Å². The van der Waals surface area contributed by atoms with Crippen LogP contribution in [-0.2, 0) is 6.54 Å². The molecule has 0 saturated carbocycles. The van der Waals surface area contributed by atoms with Gasteiger partial charge < -0.3 is 10.6 Å². The average Bonchev–Trinajstić information content (AvgIpc) is 2.47. The first-order valence-corrected chi connectivity index (χ1v) is 8.51. The molecule has 2 atom stereocenters. The van der Waals surface area contributed by atoms with Crippen molar-refractivity contribution >= 4 is 21.6 Å². The number of halogens is 1. The van der Waals surface area contributed by atoms with E-state index in [1.807, 2.05) is 0 Å². The molecule has 0 aromatic carbocycles. The molecular formula is C15H25BrN4O. The lowest BCUT2D eigenvalue weighted by Crippen LogP contribution is -2.39. The lowest BCUT2D eigenvalue weighted by atomic mass is 9.93. The maximum absolute atomic E-state index is 12.3. The molecule has 0 spiro atoms. The summed E-state index contributed by atoms with van der Waals surface area (Å²) in [6.45, 7) is 9.10. The minimum Gasteiger partial charge on any atom is -0.380 e. The first kappa shape index (κ1) is 16.5. The molecule has 1 aliphatic rings. The molecule has 1 saturated heterocycles. The van der Waals surface area contributed by atoms with Crippen LogP contribution in [0.15, 0.2) is 15.5 Å². The summed E-state index contributed by atoms with van der Waals surface area (Å²) in [6.07, 6.45) is 4.18. The Morgan fingerprint density at radius 2 is 2.29 bits per heavy atom. The molecule has 0 aliphatic carbocycles. The maximum Gasteiger partial charge on any atom is 0.283 e. The smallest absolute Gasteiger partial charge is 0.283 e. The van der Waals surface area contributed by atoms with Crippen molar-refractivity contribution in [2.24, 2.45) is 11.8 Å². The number of aromatic nitrogens is 2. The van der Waals surface area contributed by atoms with Crippen molar-refractivity contribution in [3.8, 4) is 0 Å². The Balaban J connectivity index is 2.09. The third-order valence-electron chi connectivity index (χ3n) is 3.95. The molecule has 2 heterocycles. The Bertz CT molecular complexity index is 523. The molecule has 6 heteroatoms. The number of nitrogens with one attached hydrogen (secondary N) is 2. The Hall–Kier alpha value is -0.880. The van der Waals surface area contributed by atoms with Crippen LogP contribution in [0.4, 0.5) is 5.69 Å². The zero-order valence-electron chi connectivity index (χ0n) is 13.0. The van der Waals surface area contributed by atoms with E-state index in [0.717, 1.165) is 18.8 Å². The van der Waals surface area contributed by atoms with Gasteiger partial charge in [-0.15, -0.1) is 0 Å². The molecule has 1 aromatic rings. The second kappa shape index (κ2) is 7.40. The second-order valence-electron chi connectivity index (χ2n) is 6.29. The fourth-order valence-corrected chi connectivity index (χ4v) is 3.13. The summed E-state index contributed by atoms with van der Waals surface area (Å²) in [5.74, 6) is 0.983. The number of hydrogen-bond acceptors (Lipinski definition) is 4. The largest absolute Gasteiger partial charge is 0.380 e. The lowest BCUT2D eigenvalue weighted by Gasteiger charge is -2.29. The van der Waals surface area contributed by atoms with E-state index in [1.165, 1.54) is 17.5 Å². The highest BCUT2D eigenvalue weighted by Crippen LogP contribution is 2.22. The van der Waals surface area contributed by atoms with Crippen molar-refractivity contribution in [3.63, 3.8) is 0 Å². The van der Waals surface area contributed by atoms with Gasteiger partial charge in [0.25, 0.3) is 5.56 Å². The summed E-state index contributed by atoms with van der Waals surface area (Å²) in [7, 11) is 0. The summed E-state index contributed by atoms with van der Waals surface area (Å²) in [4.78, 5) is 12.3. The zero-order valence-corrected chi connectivity index (χ0v) is 14.6. The van der Waals surface area contributed by atoms with E-state index in [4.69, 9.17) is 0 Å². The Labute approximate surface area is 134 Å². The van der Waals surface area contributed by atoms with E-state index in [-0.39, 0.29) is 5.56 Å². The predicted octanol–water partition coefficient (Wildman–Crippen LogP) is 2.46. The predicted molar refractivity (Wildman–Crippen MR) is 89.7 cm³/mol. The molecule has 2 unspecified atom stereocenters. The van der Waals surface area contributed by atoms with Crippen LogP contribution in [0.2, 0.25) is 0 Å². The fourth-order valence-electron chi connectivity index (χ4n) is 2.71. The zero-order chi connectivity index (χ0) is 15.4. The maximum atomic E-state index is 12.3. The molecule has 1 aromatic heterocycles. The van der Waals surface area contributed by atoms with Gasteiger partial charge in [-0.2, -0.15) is 5.10 Å². The highest BCUT2D eigenvalue weighted by atomic mass is 79.9. The van der Waals surface area contributed by atoms with Crippen molar-refractivity contribution in [2.75, 3.05) is 18.4 Å². The highest BCUT2D eigenvalue weighted by molar-refractivity contribution is 9.10. The molecule has 2 rings (SSSR count). The Morgan fingerprint density at radius 3 is 2.90 bits per heavy atom. The molecule has 0 bridgehead atoms. The SMILES string of the molecule is CC(C)Cn1ncc(NC(C)C2CCCNC2)c(Br)c1=O. The third-order valence-corrected chi connectivity index (χ3v) is 4.71. The van der Waals surface area contributed by atoms with Crippen LogP contribution in [0.5, 0.6) is 0 Å². The van der Waals surface area contributed by atoms with Crippen molar-refractivity contribution in [1.82, 2.24) is 15.1 Å². The first-order chi connectivity index (χ1) is 9.99. The van der Waals surface area contributed by atoms with Gasteiger partial charge in [-0.1, -0.05) is 13.8 Å². The first-order valence-electron chi connectivity index (χ1n) is 7.72. The molecular weight excluding hydrogens is 332 g/mol. The van der Waals surface area contributed by atoms with Gasteiger partial charge in [-0.25, -0.2) is 4.68 Å². The normalized spacial score (nSPS) is 20.5. The summed E-state index contributed by atoms with van der Waals surface area (Å²) in [5.41, 5.74) is 0.723. The highest BCUT2D eigenvalue weighted by Gasteiger charge is 2.21. The quantitative estimate of drug-likeness (QED) is 0.850. The Morgan fingerprint density at radius 1 is 1.52 bits per heavy atom. The summed E-state index contributed by atoms with van der Waals surface area (Å²) < 4.78 is 2.10. The number of piperidine rings is 1. The number of hydrogen-bond donors (Lipinski definition) is 2. The molecule has 118 valence electrons. The number of anilines is 1. The van der Waals surface area contributed by atoms with Gasteiger partial charge in [-0.05, 0) is 60.6 Å². The molecule has 2 N–H and O–H groups in total. The van der Waals surface area contributed by atoms with E-state index < -0.39 is 0 Å². The van der Waals surface area contributed by atoms with Gasteiger partial charge in [0.15, 0.2) is 0 Å². The number of rotatable bonds is 5. The van der Waals surface area contributed by atoms with Crippen molar-refractivity contribution in [1.29, 1.82) is 0 Å². The van der Waals surface area contributed by atoms with Gasteiger partial charge in [0.1, 0.15) is 4.47 Å². The molecule has 1 fully saturated rings. The minimum atomic E-state index is -0.0670. The summed E-state index contributed by atoms with van der Waals surface area (Å²) in [6, 6.07) is 0.316. The van der Waals surface area contributed by atoms with Crippen LogP contribution in [0.25, 0.3) is 0 Å². The molecule has 1 aliphatic heterocycles. The fraction of sp³-hybridized carbons (Fsp3) is 0.733. The average molecular weight is 357 g/mol. The second-order valence-corrected chi connectivity index (χ2v) is 7.09. The van der Waals surface area contributed by atoms with Crippen molar-refractivity contribution in [2.45, 2.75) is 46.2 Å². The minimum absolute atomic E-state index is 0.0670. The standard InChI is InChI=1S/C15H25BrN4O/c1-10(2)9-20-15(21)14(16)13(8-18-20)19-11(3)12-5-4-6-17-7-12/h8,10-12,17,19H,4-7,9H2,1-3H3. The van der Waals surface area contributed by atoms with E-state index in [9.17, 15) is 4.79 Å². The van der Waals surface area contributed by atoms with Gasteiger partial charge >= 0.3 is 0 Å². The van der Waals surface area contributed by atoms with Crippen LogP contribution < -0.4 is 16.2 Å². The van der Waals surface area contributed by atoms with Gasteiger partial charge in [0, 0.05) is 12.6 Å².